The van der Waals surface area contributed by atoms with Crippen LogP contribution in [0.3, 0.4) is 0 Å². The van der Waals surface area contributed by atoms with Crippen LogP contribution in [0.1, 0.15) is 26.7 Å². The Morgan fingerprint density at radius 2 is 1.92 bits per heavy atom. The molecule has 0 radical (unpaired) electrons. The van der Waals surface area contributed by atoms with Crippen molar-refractivity contribution in [1.82, 2.24) is 4.90 Å². The molecular formula is C9H17NO2. The molecule has 0 amide bonds. The van der Waals surface area contributed by atoms with Crippen molar-refractivity contribution in [3.8, 4) is 0 Å². The molecule has 1 heterocycles. The van der Waals surface area contributed by atoms with E-state index in [1.807, 2.05) is 6.92 Å². The number of hydrogen-bond donors (Lipinski definition) is 0. The zero-order chi connectivity index (χ0) is 9.19. The van der Waals surface area contributed by atoms with Crippen molar-refractivity contribution in [3.05, 3.63) is 0 Å². The van der Waals surface area contributed by atoms with Gasteiger partial charge in [0.2, 0.25) is 0 Å². The van der Waals surface area contributed by atoms with Gasteiger partial charge in [0.05, 0.1) is 0 Å². The van der Waals surface area contributed by atoms with E-state index < -0.39 is 0 Å². The molecular weight excluding hydrogens is 154 g/mol. The number of esters is 1. The van der Waals surface area contributed by atoms with Gasteiger partial charge < -0.3 is 9.64 Å². The fourth-order valence-electron chi connectivity index (χ4n) is 1.54. The van der Waals surface area contributed by atoms with E-state index in [2.05, 4.69) is 11.9 Å². The van der Waals surface area contributed by atoms with E-state index >= 15 is 0 Å². The molecule has 0 aromatic carbocycles. The number of rotatable bonds is 1. The molecule has 0 unspecified atom stereocenters. The van der Waals surface area contributed by atoms with Crippen molar-refractivity contribution in [2.75, 3.05) is 20.1 Å². The minimum Gasteiger partial charge on any atom is -0.459 e. The SMILES string of the molecule is CC(=O)OC1(C)CCN(C)CC1. The molecule has 0 saturated carbocycles. The van der Waals surface area contributed by atoms with E-state index in [9.17, 15) is 4.79 Å². The van der Waals surface area contributed by atoms with E-state index in [1.54, 1.807) is 0 Å². The summed E-state index contributed by atoms with van der Waals surface area (Å²) < 4.78 is 5.26. The molecule has 1 saturated heterocycles. The van der Waals surface area contributed by atoms with Crippen LogP contribution < -0.4 is 0 Å². The lowest BCUT2D eigenvalue weighted by atomic mass is 9.94. The minimum atomic E-state index is -0.210. The summed E-state index contributed by atoms with van der Waals surface area (Å²) in [6.45, 7) is 5.53. The maximum Gasteiger partial charge on any atom is 0.303 e. The highest BCUT2D eigenvalue weighted by Gasteiger charge is 2.31. The third-order valence-electron chi connectivity index (χ3n) is 2.43. The first-order chi connectivity index (χ1) is 5.52. The first kappa shape index (κ1) is 9.52. The van der Waals surface area contributed by atoms with E-state index in [-0.39, 0.29) is 11.6 Å². The van der Waals surface area contributed by atoms with Crippen LogP contribution in [-0.2, 0) is 9.53 Å². The van der Waals surface area contributed by atoms with Crippen LogP contribution in [0.25, 0.3) is 0 Å². The van der Waals surface area contributed by atoms with Gasteiger partial charge in [0.1, 0.15) is 5.60 Å². The van der Waals surface area contributed by atoms with Gasteiger partial charge in [-0.05, 0) is 26.8 Å². The van der Waals surface area contributed by atoms with Crippen molar-refractivity contribution in [2.45, 2.75) is 32.3 Å². The van der Waals surface area contributed by atoms with Crippen LogP contribution in [0.2, 0.25) is 0 Å². The molecule has 3 heteroatoms. The van der Waals surface area contributed by atoms with Crippen LogP contribution >= 0.6 is 0 Å². The third-order valence-corrected chi connectivity index (χ3v) is 2.43. The van der Waals surface area contributed by atoms with Crippen molar-refractivity contribution >= 4 is 5.97 Å². The minimum absolute atomic E-state index is 0.165. The molecule has 0 N–H and O–H groups in total. The molecule has 70 valence electrons. The van der Waals surface area contributed by atoms with Gasteiger partial charge in [-0.25, -0.2) is 0 Å². The Morgan fingerprint density at radius 1 is 1.42 bits per heavy atom. The standard InChI is InChI=1S/C9H17NO2/c1-8(11)12-9(2)4-6-10(3)7-5-9/h4-7H2,1-3H3. The van der Waals surface area contributed by atoms with Crippen molar-refractivity contribution in [3.63, 3.8) is 0 Å². The largest absolute Gasteiger partial charge is 0.459 e. The van der Waals surface area contributed by atoms with Crippen LogP contribution in [0.15, 0.2) is 0 Å². The second-order valence-electron chi connectivity index (χ2n) is 3.85. The summed E-state index contributed by atoms with van der Waals surface area (Å²) in [5.74, 6) is -0.165. The maximum atomic E-state index is 10.8. The highest BCUT2D eigenvalue weighted by Crippen LogP contribution is 2.24. The molecule has 0 spiro atoms. The van der Waals surface area contributed by atoms with Gasteiger partial charge >= 0.3 is 5.97 Å². The fourth-order valence-corrected chi connectivity index (χ4v) is 1.54. The summed E-state index contributed by atoms with van der Waals surface area (Å²) in [5, 5.41) is 0. The Balaban J connectivity index is 2.44. The van der Waals surface area contributed by atoms with Crippen LogP contribution in [0.5, 0.6) is 0 Å². The molecule has 1 aliphatic rings. The summed E-state index contributed by atoms with van der Waals surface area (Å²) in [6, 6.07) is 0. The number of hydrogen-bond acceptors (Lipinski definition) is 3. The van der Waals surface area contributed by atoms with E-state index in [1.165, 1.54) is 6.92 Å². The molecule has 3 nitrogen and oxygen atoms in total. The summed E-state index contributed by atoms with van der Waals surface area (Å²) in [7, 11) is 2.09. The monoisotopic (exact) mass is 171 g/mol. The molecule has 12 heavy (non-hydrogen) atoms. The Bertz CT molecular complexity index is 171. The van der Waals surface area contributed by atoms with Gasteiger partial charge in [-0.1, -0.05) is 0 Å². The van der Waals surface area contributed by atoms with E-state index in [4.69, 9.17) is 4.74 Å². The molecule has 1 fully saturated rings. The number of carbonyl (C=O) groups is 1. The average Bonchev–Trinajstić information content (AvgIpc) is 1.94. The van der Waals surface area contributed by atoms with Gasteiger partial charge in [-0.2, -0.15) is 0 Å². The van der Waals surface area contributed by atoms with Crippen LogP contribution in [-0.4, -0.2) is 36.6 Å². The highest BCUT2D eigenvalue weighted by molar-refractivity contribution is 5.66. The van der Waals surface area contributed by atoms with E-state index in [0.29, 0.717) is 0 Å². The highest BCUT2D eigenvalue weighted by atomic mass is 16.6. The number of carbonyl (C=O) groups excluding carboxylic acids is 1. The zero-order valence-electron chi connectivity index (χ0n) is 8.09. The number of piperidine rings is 1. The molecule has 0 aromatic heterocycles. The van der Waals surface area contributed by atoms with Gasteiger partial charge in [0, 0.05) is 20.0 Å². The van der Waals surface area contributed by atoms with Crippen molar-refractivity contribution in [2.24, 2.45) is 0 Å². The van der Waals surface area contributed by atoms with Crippen LogP contribution in [0.4, 0.5) is 0 Å². The van der Waals surface area contributed by atoms with Gasteiger partial charge in [0.25, 0.3) is 0 Å². The predicted molar refractivity (Wildman–Crippen MR) is 46.9 cm³/mol. The fraction of sp³-hybridized carbons (Fsp3) is 0.889. The van der Waals surface area contributed by atoms with Crippen molar-refractivity contribution in [1.29, 1.82) is 0 Å². The summed E-state index contributed by atoms with van der Waals surface area (Å²) in [4.78, 5) is 13.0. The number of ether oxygens (including phenoxy) is 1. The van der Waals surface area contributed by atoms with Gasteiger partial charge in [-0.15, -0.1) is 0 Å². The molecule has 0 aliphatic carbocycles. The lowest BCUT2D eigenvalue weighted by Crippen LogP contribution is -2.43. The van der Waals surface area contributed by atoms with Crippen LogP contribution in [0, 0.1) is 0 Å². The lowest BCUT2D eigenvalue weighted by Gasteiger charge is -2.36. The summed E-state index contributed by atoms with van der Waals surface area (Å²) in [6.07, 6.45) is 1.90. The summed E-state index contributed by atoms with van der Waals surface area (Å²) >= 11 is 0. The molecule has 1 aliphatic heterocycles. The van der Waals surface area contributed by atoms with Gasteiger partial charge in [0.15, 0.2) is 0 Å². The third kappa shape index (κ3) is 2.48. The second kappa shape index (κ2) is 3.44. The second-order valence-corrected chi connectivity index (χ2v) is 3.85. The normalized spacial score (nSPS) is 23.6. The Hall–Kier alpha value is -0.570. The van der Waals surface area contributed by atoms with E-state index in [0.717, 1.165) is 25.9 Å². The average molecular weight is 171 g/mol. The number of likely N-dealkylation sites (tertiary alicyclic amines) is 1. The maximum absolute atomic E-state index is 10.8. The van der Waals surface area contributed by atoms with Crippen molar-refractivity contribution < 1.29 is 9.53 Å². The molecule has 0 aromatic rings. The summed E-state index contributed by atoms with van der Waals surface area (Å²) in [5.41, 5.74) is -0.210. The lowest BCUT2D eigenvalue weighted by molar-refractivity contribution is -0.159. The Labute approximate surface area is 73.7 Å². The first-order valence-electron chi connectivity index (χ1n) is 4.40. The number of nitrogens with zero attached hydrogens (tertiary/aromatic N) is 1. The Morgan fingerprint density at radius 3 is 2.33 bits per heavy atom. The smallest absolute Gasteiger partial charge is 0.303 e. The molecule has 0 bridgehead atoms. The molecule has 1 rings (SSSR count). The predicted octanol–water partition coefficient (Wildman–Crippen LogP) is 1.03. The first-order valence-corrected chi connectivity index (χ1v) is 4.40. The topological polar surface area (TPSA) is 29.5 Å². The molecule has 0 atom stereocenters. The Kier molecular flexibility index (Phi) is 2.73. The van der Waals surface area contributed by atoms with Gasteiger partial charge in [-0.3, -0.25) is 4.79 Å². The quantitative estimate of drug-likeness (QED) is 0.552. The zero-order valence-corrected chi connectivity index (χ0v) is 8.09.